The van der Waals surface area contributed by atoms with E-state index in [-0.39, 0.29) is 0 Å². The average Bonchev–Trinajstić information content (AvgIpc) is 2.74. The molecule has 2 rings (SSSR count). The van der Waals surface area contributed by atoms with Gasteiger partial charge in [0.25, 0.3) is 0 Å². The Bertz CT molecular complexity index is 1020. The van der Waals surface area contributed by atoms with Crippen LogP contribution in [0.1, 0.15) is 59.4 Å². The summed E-state index contributed by atoms with van der Waals surface area (Å²) >= 11 is 6.46. The first kappa shape index (κ1) is 24.8. The molecule has 0 saturated carbocycles. The number of benzene rings is 1. The zero-order valence-corrected chi connectivity index (χ0v) is 20.1. The fourth-order valence-corrected chi connectivity index (χ4v) is 3.14. The summed E-state index contributed by atoms with van der Waals surface area (Å²) in [5, 5.41) is 15.4. The van der Waals surface area contributed by atoms with Gasteiger partial charge in [-0.05, 0) is 56.9 Å². The summed E-state index contributed by atoms with van der Waals surface area (Å²) in [4.78, 5) is 9.06. The number of aliphatic hydroxyl groups is 1. The van der Waals surface area contributed by atoms with Crippen LogP contribution >= 0.6 is 11.6 Å². The van der Waals surface area contributed by atoms with Crippen molar-refractivity contribution in [1.29, 1.82) is 0 Å². The van der Waals surface area contributed by atoms with Gasteiger partial charge in [0.05, 0.1) is 21.8 Å². The Morgan fingerprint density at radius 1 is 1.32 bits per heavy atom. The molecule has 0 saturated heterocycles. The van der Waals surface area contributed by atoms with Crippen molar-refractivity contribution in [3.63, 3.8) is 0 Å². The maximum atomic E-state index is 10.5. The van der Waals surface area contributed by atoms with Gasteiger partial charge in [0.1, 0.15) is 0 Å². The van der Waals surface area contributed by atoms with Gasteiger partial charge < -0.3 is 10.4 Å². The van der Waals surface area contributed by atoms with Gasteiger partial charge in [-0.1, -0.05) is 62.2 Å². The molecule has 0 fully saturated rings. The lowest BCUT2D eigenvalue weighted by Crippen LogP contribution is -2.31. The van der Waals surface area contributed by atoms with Crippen molar-refractivity contribution in [3.05, 3.63) is 65.5 Å². The molecule has 1 aromatic carbocycles. The second-order valence-corrected chi connectivity index (χ2v) is 8.55. The molecular formula is C26H34ClN3O. The van der Waals surface area contributed by atoms with Gasteiger partial charge >= 0.3 is 0 Å². The van der Waals surface area contributed by atoms with Crippen LogP contribution in [0.5, 0.6) is 0 Å². The summed E-state index contributed by atoms with van der Waals surface area (Å²) in [6.45, 7) is 14.3. The molecule has 31 heavy (non-hydrogen) atoms. The highest BCUT2D eigenvalue weighted by Gasteiger charge is 2.20. The van der Waals surface area contributed by atoms with Gasteiger partial charge in [-0.25, -0.2) is 0 Å². The highest BCUT2D eigenvalue weighted by molar-refractivity contribution is 6.34. The predicted molar refractivity (Wildman–Crippen MR) is 136 cm³/mol. The molecule has 5 heteroatoms. The van der Waals surface area contributed by atoms with Crippen LogP contribution in [0.25, 0.3) is 16.5 Å². The van der Waals surface area contributed by atoms with Gasteiger partial charge in [-0.15, -0.1) is 0 Å². The predicted octanol–water partition coefficient (Wildman–Crippen LogP) is 7.20. The van der Waals surface area contributed by atoms with Crippen molar-refractivity contribution in [3.8, 4) is 0 Å². The number of aromatic nitrogens is 1. The van der Waals surface area contributed by atoms with E-state index < -0.39 is 5.60 Å². The lowest BCUT2D eigenvalue weighted by molar-refractivity contribution is 0.128. The van der Waals surface area contributed by atoms with E-state index in [0.717, 1.165) is 46.1 Å². The molecule has 2 aromatic rings. The number of nitrogens with zero attached hydrogens (tertiary/aromatic N) is 2. The maximum Gasteiger partial charge on any atom is 0.0993 e. The van der Waals surface area contributed by atoms with E-state index in [1.807, 2.05) is 39.1 Å². The van der Waals surface area contributed by atoms with Crippen molar-refractivity contribution in [2.75, 3.05) is 11.9 Å². The van der Waals surface area contributed by atoms with E-state index in [4.69, 9.17) is 11.6 Å². The normalized spacial score (nSPS) is 14.8. The SMILES string of the molecule is C=C(C)CNc1c(Cl)cnc2ccc(C(/C=C/CCC)=C/N=C(C)C(C)(O)CC)cc12. The largest absolute Gasteiger partial charge is 0.384 e. The average molecular weight is 440 g/mol. The van der Waals surface area contributed by atoms with E-state index in [2.05, 4.69) is 47.0 Å². The quantitative estimate of drug-likeness (QED) is 0.234. The van der Waals surface area contributed by atoms with Crippen LogP contribution < -0.4 is 5.32 Å². The summed E-state index contributed by atoms with van der Waals surface area (Å²) in [6, 6.07) is 6.11. The number of halogens is 1. The fraction of sp³-hybridized carbons (Fsp3) is 0.385. The molecule has 166 valence electrons. The first-order chi connectivity index (χ1) is 14.7. The number of fused-ring (bicyclic) bond motifs is 1. The van der Waals surface area contributed by atoms with Crippen LogP contribution in [0.15, 0.2) is 59.9 Å². The summed E-state index contributed by atoms with van der Waals surface area (Å²) < 4.78 is 0. The highest BCUT2D eigenvalue weighted by atomic mass is 35.5. The molecule has 1 heterocycles. The second-order valence-electron chi connectivity index (χ2n) is 8.14. The van der Waals surface area contributed by atoms with Crippen LogP contribution in [-0.2, 0) is 0 Å². The lowest BCUT2D eigenvalue weighted by Gasteiger charge is -2.20. The van der Waals surface area contributed by atoms with Crippen molar-refractivity contribution in [2.45, 2.75) is 59.5 Å². The molecule has 1 atom stereocenters. The second kappa shape index (κ2) is 11.3. The van der Waals surface area contributed by atoms with Crippen LogP contribution in [0.4, 0.5) is 5.69 Å². The van der Waals surface area contributed by atoms with Gasteiger partial charge in [0, 0.05) is 30.0 Å². The van der Waals surface area contributed by atoms with E-state index in [1.54, 1.807) is 13.1 Å². The molecule has 0 aliphatic carbocycles. The topological polar surface area (TPSA) is 57.5 Å². The minimum atomic E-state index is -0.921. The van der Waals surface area contributed by atoms with Gasteiger partial charge in [-0.2, -0.15) is 0 Å². The number of nitrogens with one attached hydrogen (secondary N) is 1. The summed E-state index contributed by atoms with van der Waals surface area (Å²) in [5.41, 5.74) is 4.47. The Hall–Kier alpha value is -2.43. The number of pyridine rings is 1. The number of aliphatic imine (C=N–C) groups is 1. The monoisotopic (exact) mass is 439 g/mol. The molecule has 0 aliphatic rings. The number of hydrogen-bond acceptors (Lipinski definition) is 4. The molecule has 0 bridgehead atoms. The van der Waals surface area contributed by atoms with Crippen LogP contribution in [0.3, 0.4) is 0 Å². The maximum absolute atomic E-state index is 10.5. The van der Waals surface area contributed by atoms with Crippen molar-refractivity contribution in [2.24, 2.45) is 4.99 Å². The molecular weight excluding hydrogens is 406 g/mol. The van der Waals surface area contributed by atoms with Crippen LogP contribution in [-0.4, -0.2) is 27.9 Å². The number of anilines is 1. The lowest BCUT2D eigenvalue weighted by atomic mass is 9.98. The summed E-state index contributed by atoms with van der Waals surface area (Å²) in [6.07, 6.45) is 10.4. The Morgan fingerprint density at radius 3 is 2.71 bits per heavy atom. The molecule has 0 radical (unpaired) electrons. The minimum absolute atomic E-state index is 0.575. The minimum Gasteiger partial charge on any atom is -0.384 e. The van der Waals surface area contributed by atoms with E-state index in [9.17, 15) is 5.11 Å². The molecule has 1 aromatic heterocycles. The Balaban J connectivity index is 2.58. The third kappa shape index (κ3) is 6.78. The Morgan fingerprint density at radius 2 is 2.06 bits per heavy atom. The summed E-state index contributed by atoms with van der Waals surface area (Å²) in [5.74, 6) is 0. The Labute approximate surface area is 191 Å². The van der Waals surface area contributed by atoms with Crippen molar-refractivity contribution in [1.82, 2.24) is 4.98 Å². The zero-order valence-electron chi connectivity index (χ0n) is 19.3. The first-order valence-corrected chi connectivity index (χ1v) is 11.2. The standard InChI is InChI=1S/C26H34ClN3O/c1-7-9-10-11-21(16-28-19(5)26(6,31)8-2)20-12-13-24-22(14-20)25(23(27)17-29-24)30-15-18(3)4/h10-14,16-17,31H,3,7-9,15H2,1-2,4-6H3,(H,29,30)/b11-10+,21-16+,28-19?. The van der Waals surface area contributed by atoms with E-state index in [1.165, 1.54) is 0 Å². The van der Waals surface area contributed by atoms with Crippen molar-refractivity contribution >= 4 is 39.5 Å². The van der Waals surface area contributed by atoms with Crippen LogP contribution in [0, 0.1) is 0 Å². The third-order valence-corrected chi connectivity index (χ3v) is 5.63. The van der Waals surface area contributed by atoms with Crippen molar-refractivity contribution < 1.29 is 5.11 Å². The molecule has 4 nitrogen and oxygen atoms in total. The molecule has 0 aliphatic heterocycles. The first-order valence-electron chi connectivity index (χ1n) is 10.8. The van der Waals surface area contributed by atoms with Gasteiger partial charge in [0.15, 0.2) is 0 Å². The molecule has 0 spiro atoms. The van der Waals surface area contributed by atoms with E-state index in [0.29, 0.717) is 23.7 Å². The zero-order chi connectivity index (χ0) is 23.0. The number of allylic oxidation sites excluding steroid dienone is 3. The van der Waals surface area contributed by atoms with Crippen LogP contribution in [0.2, 0.25) is 5.02 Å². The summed E-state index contributed by atoms with van der Waals surface area (Å²) in [7, 11) is 0. The smallest absolute Gasteiger partial charge is 0.0993 e. The Kier molecular flexibility index (Phi) is 9.02. The van der Waals surface area contributed by atoms with Gasteiger partial charge in [-0.3, -0.25) is 9.98 Å². The molecule has 1 unspecified atom stereocenters. The van der Waals surface area contributed by atoms with Gasteiger partial charge in [0.2, 0.25) is 0 Å². The fourth-order valence-electron chi connectivity index (χ4n) is 2.92. The number of unbranched alkanes of at least 4 members (excludes halogenated alkanes) is 1. The molecule has 0 amide bonds. The van der Waals surface area contributed by atoms with E-state index >= 15 is 0 Å². The third-order valence-electron chi connectivity index (χ3n) is 5.34. The molecule has 2 N–H and O–H groups in total. The highest BCUT2D eigenvalue weighted by Crippen LogP contribution is 2.32. The number of hydrogen-bond donors (Lipinski definition) is 2. The number of rotatable bonds is 10.